The maximum Gasteiger partial charge on any atom is 0.387 e. The number of carbonyl (C=O) groups excluding carboxylic acids is 1. The number of hydrogen-bond donors (Lipinski definition) is 0. The quantitative estimate of drug-likeness (QED) is 0.583. The number of alkyl halides is 2. The standard InChI is InChI=1S/C23H17F2NO3/c1-28-15-12-10-14(11-13-15)26-21-16-6-2-3-7-17(16)22(27)20(21)18-8-4-5-9-19(18)29-23(24)25/h2-13,20,23H,1H3/t20-/m1/s1. The number of ether oxygens (including phenoxy) is 2. The number of aliphatic imine (C=N–C) groups is 1. The zero-order valence-corrected chi connectivity index (χ0v) is 15.5. The summed E-state index contributed by atoms with van der Waals surface area (Å²) in [5.41, 5.74) is 2.69. The van der Waals surface area contributed by atoms with E-state index in [2.05, 4.69) is 4.74 Å². The van der Waals surface area contributed by atoms with Crippen molar-refractivity contribution in [2.24, 2.45) is 4.99 Å². The molecule has 146 valence electrons. The van der Waals surface area contributed by atoms with Gasteiger partial charge in [-0.3, -0.25) is 9.79 Å². The molecule has 1 aliphatic carbocycles. The van der Waals surface area contributed by atoms with Gasteiger partial charge < -0.3 is 9.47 Å². The van der Waals surface area contributed by atoms with E-state index in [-0.39, 0.29) is 11.5 Å². The van der Waals surface area contributed by atoms with E-state index in [9.17, 15) is 13.6 Å². The van der Waals surface area contributed by atoms with Gasteiger partial charge in [0.05, 0.1) is 24.4 Å². The fourth-order valence-electron chi connectivity index (χ4n) is 3.49. The molecule has 0 N–H and O–H groups in total. The molecule has 0 bridgehead atoms. The molecule has 1 atom stereocenters. The number of Topliss-reactive ketones (excluding diaryl/α,β-unsaturated/α-hetero) is 1. The van der Waals surface area contributed by atoms with Gasteiger partial charge in [0.2, 0.25) is 0 Å². The minimum absolute atomic E-state index is 0.0314. The van der Waals surface area contributed by atoms with Crippen molar-refractivity contribution in [1.82, 2.24) is 0 Å². The summed E-state index contributed by atoms with van der Waals surface area (Å²) in [6, 6.07) is 20.5. The van der Waals surface area contributed by atoms with Crippen LogP contribution in [-0.4, -0.2) is 25.2 Å². The number of ketones is 1. The van der Waals surface area contributed by atoms with Gasteiger partial charge in [0.1, 0.15) is 11.5 Å². The second-order valence-corrected chi connectivity index (χ2v) is 6.45. The zero-order chi connectivity index (χ0) is 20.4. The van der Waals surface area contributed by atoms with Gasteiger partial charge in [-0.05, 0) is 30.3 Å². The van der Waals surface area contributed by atoms with Crippen LogP contribution in [0.3, 0.4) is 0 Å². The summed E-state index contributed by atoms with van der Waals surface area (Å²) in [5, 5.41) is 0. The highest BCUT2D eigenvalue weighted by Crippen LogP contribution is 2.40. The molecule has 0 amide bonds. The van der Waals surface area contributed by atoms with E-state index in [4.69, 9.17) is 9.73 Å². The third-order valence-electron chi connectivity index (χ3n) is 4.77. The predicted octanol–water partition coefficient (Wildman–Crippen LogP) is 5.40. The van der Waals surface area contributed by atoms with Crippen LogP contribution in [0.4, 0.5) is 14.5 Å². The van der Waals surface area contributed by atoms with Crippen molar-refractivity contribution in [3.8, 4) is 11.5 Å². The van der Waals surface area contributed by atoms with Crippen molar-refractivity contribution in [2.45, 2.75) is 12.5 Å². The number of halogens is 2. The smallest absolute Gasteiger partial charge is 0.387 e. The molecular weight excluding hydrogens is 376 g/mol. The van der Waals surface area contributed by atoms with Crippen molar-refractivity contribution in [3.05, 3.63) is 89.5 Å². The van der Waals surface area contributed by atoms with Crippen molar-refractivity contribution < 1.29 is 23.0 Å². The number of carbonyl (C=O) groups is 1. The van der Waals surface area contributed by atoms with E-state index in [1.165, 1.54) is 6.07 Å². The van der Waals surface area contributed by atoms with Crippen molar-refractivity contribution in [3.63, 3.8) is 0 Å². The van der Waals surface area contributed by atoms with Crippen LogP contribution in [-0.2, 0) is 0 Å². The van der Waals surface area contributed by atoms with E-state index in [0.717, 1.165) is 0 Å². The average molecular weight is 393 g/mol. The summed E-state index contributed by atoms with van der Waals surface area (Å²) in [4.78, 5) is 17.9. The molecule has 0 aliphatic heterocycles. The van der Waals surface area contributed by atoms with Crippen LogP contribution >= 0.6 is 0 Å². The van der Waals surface area contributed by atoms with Gasteiger partial charge in [-0.1, -0.05) is 42.5 Å². The molecule has 3 aromatic rings. The van der Waals surface area contributed by atoms with Crippen LogP contribution in [0.15, 0.2) is 77.8 Å². The predicted molar refractivity (Wildman–Crippen MR) is 106 cm³/mol. The number of fused-ring (bicyclic) bond motifs is 1. The van der Waals surface area contributed by atoms with Gasteiger partial charge in [-0.25, -0.2) is 0 Å². The molecule has 0 unspecified atom stereocenters. The normalized spacial score (nSPS) is 16.9. The topological polar surface area (TPSA) is 47.9 Å². The van der Waals surface area contributed by atoms with E-state index >= 15 is 0 Å². The minimum atomic E-state index is -2.99. The van der Waals surface area contributed by atoms with E-state index in [1.54, 1.807) is 61.7 Å². The zero-order valence-electron chi connectivity index (χ0n) is 15.5. The molecule has 0 spiro atoms. The Morgan fingerprint density at radius 1 is 0.897 bits per heavy atom. The highest BCUT2D eigenvalue weighted by molar-refractivity contribution is 6.32. The van der Waals surface area contributed by atoms with Gasteiger partial charge in [0.25, 0.3) is 0 Å². The van der Waals surface area contributed by atoms with Crippen molar-refractivity contribution in [2.75, 3.05) is 7.11 Å². The van der Waals surface area contributed by atoms with E-state index in [1.807, 2.05) is 12.1 Å². The SMILES string of the molecule is COc1ccc(N=C2c3ccccc3C(=O)[C@@H]2c2ccccc2OC(F)F)cc1. The minimum Gasteiger partial charge on any atom is -0.497 e. The summed E-state index contributed by atoms with van der Waals surface area (Å²) in [6.45, 7) is -2.99. The summed E-state index contributed by atoms with van der Waals surface area (Å²) in [7, 11) is 1.57. The fourth-order valence-corrected chi connectivity index (χ4v) is 3.49. The molecule has 4 rings (SSSR count). The summed E-state index contributed by atoms with van der Waals surface area (Å²) in [6.07, 6.45) is 0. The van der Waals surface area contributed by atoms with Gasteiger partial charge in [-0.2, -0.15) is 8.78 Å². The number of nitrogens with zero attached hydrogens (tertiary/aromatic N) is 1. The Balaban J connectivity index is 1.86. The molecule has 0 saturated carbocycles. The maximum absolute atomic E-state index is 13.2. The second kappa shape index (κ2) is 7.83. The Hall–Kier alpha value is -3.54. The largest absolute Gasteiger partial charge is 0.497 e. The third-order valence-corrected chi connectivity index (χ3v) is 4.77. The lowest BCUT2D eigenvalue weighted by molar-refractivity contribution is -0.0504. The van der Waals surface area contributed by atoms with Crippen LogP contribution in [0.25, 0.3) is 0 Å². The molecule has 0 saturated heterocycles. The molecule has 0 radical (unpaired) electrons. The van der Waals surface area contributed by atoms with E-state index in [0.29, 0.717) is 33.8 Å². The Bertz CT molecular complexity index is 1080. The van der Waals surface area contributed by atoms with Crippen molar-refractivity contribution in [1.29, 1.82) is 0 Å². The van der Waals surface area contributed by atoms with Gasteiger partial charge in [0, 0.05) is 16.7 Å². The van der Waals surface area contributed by atoms with Crippen LogP contribution in [0, 0.1) is 0 Å². The van der Waals surface area contributed by atoms with Crippen molar-refractivity contribution >= 4 is 17.2 Å². The first-order valence-electron chi connectivity index (χ1n) is 8.98. The number of methoxy groups -OCH3 is 1. The van der Waals surface area contributed by atoms with Gasteiger partial charge >= 0.3 is 6.61 Å². The monoisotopic (exact) mass is 393 g/mol. The average Bonchev–Trinajstić information content (AvgIpc) is 3.01. The highest BCUT2D eigenvalue weighted by atomic mass is 19.3. The number of benzene rings is 3. The molecular formula is C23H17F2NO3. The Labute approximate surface area is 166 Å². The highest BCUT2D eigenvalue weighted by Gasteiger charge is 2.39. The molecule has 29 heavy (non-hydrogen) atoms. The van der Waals surface area contributed by atoms with Crippen LogP contribution in [0.1, 0.15) is 27.4 Å². The number of para-hydroxylation sites is 1. The maximum atomic E-state index is 13.2. The first-order chi connectivity index (χ1) is 14.1. The molecule has 0 fully saturated rings. The lowest BCUT2D eigenvalue weighted by Crippen LogP contribution is -2.16. The Morgan fingerprint density at radius 2 is 1.55 bits per heavy atom. The Kier molecular flexibility index (Phi) is 5.08. The lowest BCUT2D eigenvalue weighted by atomic mass is 9.92. The number of rotatable bonds is 5. The first-order valence-corrected chi connectivity index (χ1v) is 8.98. The molecule has 1 aliphatic rings. The lowest BCUT2D eigenvalue weighted by Gasteiger charge is -2.16. The van der Waals surface area contributed by atoms with Crippen LogP contribution < -0.4 is 9.47 Å². The fraction of sp³-hybridized carbons (Fsp3) is 0.130. The molecule has 0 heterocycles. The van der Waals surface area contributed by atoms with E-state index < -0.39 is 12.5 Å². The molecule has 6 heteroatoms. The van der Waals surface area contributed by atoms with Gasteiger partial charge in [0.15, 0.2) is 5.78 Å². The van der Waals surface area contributed by atoms with Crippen LogP contribution in [0.2, 0.25) is 0 Å². The van der Waals surface area contributed by atoms with Gasteiger partial charge in [-0.15, -0.1) is 0 Å². The second-order valence-electron chi connectivity index (χ2n) is 6.45. The molecule has 0 aromatic heterocycles. The third kappa shape index (κ3) is 3.61. The van der Waals surface area contributed by atoms with Crippen LogP contribution in [0.5, 0.6) is 11.5 Å². The molecule has 4 nitrogen and oxygen atoms in total. The Morgan fingerprint density at radius 3 is 2.24 bits per heavy atom. The summed E-state index contributed by atoms with van der Waals surface area (Å²) >= 11 is 0. The summed E-state index contributed by atoms with van der Waals surface area (Å²) < 4.78 is 35.7. The summed E-state index contributed by atoms with van der Waals surface area (Å²) in [5.74, 6) is -0.372. The number of hydrogen-bond acceptors (Lipinski definition) is 4. The first kappa shape index (κ1) is 18.8. The molecule has 3 aromatic carbocycles.